The summed E-state index contributed by atoms with van der Waals surface area (Å²) in [5, 5.41) is 8.81. The highest BCUT2D eigenvalue weighted by molar-refractivity contribution is 8.00. The lowest BCUT2D eigenvalue weighted by molar-refractivity contribution is -0.137. The molecule has 0 radical (unpaired) electrons. The zero-order valence-electron chi connectivity index (χ0n) is 11.6. The predicted octanol–water partition coefficient (Wildman–Crippen LogP) is 3.14. The maximum Gasteiger partial charge on any atom is 0.316 e. The Morgan fingerprint density at radius 2 is 2.26 bits per heavy atom. The summed E-state index contributed by atoms with van der Waals surface area (Å²) in [6.07, 6.45) is 0.983. The summed E-state index contributed by atoms with van der Waals surface area (Å²) in [7, 11) is 0. The van der Waals surface area contributed by atoms with Crippen molar-refractivity contribution in [1.82, 2.24) is 0 Å². The number of carbonyl (C=O) groups is 1. The highest BCUT2D eigenvalue weighted by atomic mass is 32.2. The maximum atomic E-state index is 11.1. The number of fused-ring (bicyclic) bond motifs is 1. The molecule has 2 unspecified atom stereocenters. The lowest BCUT2D eigenvalue weighted by Gasteiger charge is -2.18. The van der Waals surface area contributed by atoms with Crippen molar-refractivity contribution in [3.63, 3.8) is 0 Å². The maximum absolute atomic E-state index is 11.1. The molecule has 1 N–H and O–H groups in total. The van der Waals surface area contributed by atoms with Crippen molar-refractivity contribution in [3.8, 4) is 5.75 Å². The van der Waals surface area contributed by atoms with Gasteiger partial charge in [0.05, 0.1) is 0 Å². The molecule has 0 aliphatic carbocycles. The van der Waals surface area contributed by atoms with E-state index in [1.807, 2.05) is 26.0 Å². The molecule has 0 amide bonds. The zero-order chi connectivity index (χ0) is 14.0. The van der Waals surface area contributed by atoms with Crippen LogP contribution >= 0.6 is 11.8 Å². The van der Waals surface area contributed by atoms with E-state index in [0.717, 1.165) is 17.9 Å². The van der Waals surface area contributed by atoms with Gasteiger partial charge in [-0.1, -0.05) is 31.5 Å². The molecule has 0 aromatic heterocycles. The van der Waals surface area contributed by atoms with Gasteiger partial charge in [0.2, 0.25) is 0 Å². The summed E-state index contributed by atoms with van der Waals surface area (Å²) < 4.78 is 5.86. The van der Waals surface area contributed by atoms with Crippen molar-refractivity contribution in [1.29, 1.82) is 0 Å². The third-order valence-corrected chi connectivity index (χ3v) is 4.94. The SMILES string of the molecule is Cc1ccc2c(c1)CC(CSC(C(=O)O)C(C)C)O2. The van der Waals surface area contributed by atoms with Crippen LogP contribution in [0.25, 0.3) is 0 Å². The Morgan fingerprint density at radius 1 is 1.53 bits per heavy atom. The zero-order valence-corrected chi connectivity index (χ0v) is 12.4. The van der Waals surface area contributed by atoms with Gasteiger partial charge >= 0.3 is 5.97 Å². The fourth-order valence-electron chi connectivity index (χ4n) is 2.30. The van der Waals surface area contributed by atoms with Crippen molar-refractivity contribution in [2.75, 3.05) is 5.75 Å². The first-order valence-electron chi connectivity index (χ1n) is 6.58. The molecule has 104 valence electrons. The van der Waals surface area contributed by atoms with Gasteiger partial charge in [-0.15, -0.1) is 11.8 Å². The van der Waals surface area contributed by atoms with E-state index < -0.39 is 5.97 Å². The number of carboxylic acid groups (broad SMARTS) is 1. The second kappa shape index (κ2) is 5.87. The molecule has 1 aromatic carbocycles. The summed E-state index contributed by atoms with van der Waals surface area (Å²) >= 11 is 1.49. The second-order valence-corrected chi connectivity index (χ2v) is 6.57. The van der Waals surface area contributed by atoms with Crippen LogP contribution < -0.4 is 4.74 Å². The second-order valence-electron chi connectivity index (χ2n) is 5.39. The van der Waals surface area contributed by atoms with Crippen LogP contribution in [0.4, 0.5) is 0 Å². The Bertz CT molecular complexity index is 470. The summed E-state index contributed by atoms with van der Waals surface area (Å²) in [4.78, 5) is 11.1. The predicted molar refractivity (Wildman–Crippen MR) is 78.0 cm³/mol. The summed E-state index contributed by atoms with van der Waals surface area (Å²) in [6.45, 7) is 5.96. The minimum atomic E-state index is -0.730. The quantitative estimate of drug-likeness (QED) is 0.900. The Labute approximate surface area is 118 Å². The van der Waals surface area contributed by atoms with E-state index in [2.05, 4.69) is 13.0 Å². The molecule has 1 aliphatic heterocycles. The topological polar surface area (TPSA) is 46.5 Å². The molecule has 0 saturated carbocycles. The molecule has 4 heteroatoms. The molecule has 1 heterocycles. The van der Waals surface area contributed by atoms with E-state index in [0.29, 0.717) is 0 Å². The highest BCUT2D eigenvalue weighted by Gasteiger charge is 2.27. The first kappa shape index (κ1) is 14.3. The molecule has 2 rings (SSSR count). The van der Waals surface area contributed by atoms with Crippen LogP contribution in [0.15, 0.2) is 18.2 Å². The first-order chi connectivity index (χ1) is 8.97. The van der Waals surface area contributed by atoms with Gasteiger partial charge in [-0.3, -0.25) is 4.79 Å². The molecule has 0 bridgehead atoms. The van der Waals surface area contributed by atoms with E-state index in [-0.39, 0.29) is 17.3 Å². The van der Waals surface area contributed by atoms with E-state index >= 15 is 0 Å². The van der Waals surface area contributed by atoms with Crippen LogP contribution in [0.1, 0.15) is 25.0 Å². The average Bonchev–Trinajstić information content (AvgIpc) is 2.70. The van der Waals surface area contributed by atoms with E-state index in [9.17, 15) is 4.79 Å². The van der Waals surface area contributed by atoms with Gasteiger partial charge in [-0.25, -0.2) is 0 Å². The smallest absolute Gasteiger partial charge is 0.316 e. The van der Waals surface area contributed by atoms with E-state index in [4.69, 9.17) is 9.84 Å². The third kappa shape index (κ3) is 3.44. The summed E-state index contributed by atoms with van der Waals surface area (Å²) in [5.41, 5.74) is 2.48. The molecular weight excluding hydrogens is 260 g/mol. The molecule has 0 saturated heterocycles. The third-order valence-electron chi connectivity index (χ3n) is 3.27. The largest absolute Gasteiger partial charge is 0.489 e. The Hall–Kier alpha value is -1.16. The number of hydrogen-bond donors (Lipinski definition) is 1. The lowest BCUT2D eigenvalue weighted by atomic mass is 10.1. The molecule has 1 aromatic rings. The highest BCUT2D eigenvalue weighted by Crippen LogP contribution is 2.32. The van der Waals surface area contributed by atoms with Gasteiger partial charge in [0.15, 0.2) is 0 Å². The van der Waals surface area contributed by atoms with E-state index in [1.165, 1.54) is 22.9 Å². The standard InChI is InChI=1S/C15H20O3S/c1-9(2)14(15(16)17)19-8-12-7-11-6-10(3)4-5-13(11)18-12/h4-6,9,12,14H,7-8H2,1-3H3,(H,16,17). The minimum absolute atomic E-state index is 0.0994. The van der Waals surface area contributed by atoms with Gasteiger partial charge in [0, 0.05) is 12.2 Å². The van der Waals surface area contributed by atoms with Gasteiger partial charge in [-0.2, -0.15) is 0 Å². The van der Waals surface area contributed by atoms with Crippen molar-refractivity contribution in [3.05, 3.63) is 29.3 Å². The molecule has 2 atom stereocenters. The molecule has 1 aliphatic rings. The first-order valence-corrected chi connectivity index (χ1v) is 7.63. The summed E-state index contributed by atoms with van der Waals surface area (Å²) in [5.74, 6) is 1.08. The number of aliphatic carboxylic acids is 1. The molecular formula is C15H20O3S. The van der Waals surface area contributed by atoms with Crippen molar-refractivity contribution >= 4 is 17.7 Å². The van der Waals surface area contributed by atoms with Gasteiger partial charge in [0.1, 0.15) is 17.1 Å². The number of benzene rings is 1. The van der Waals surface area contributed by atoms with Gasteiger partial charge < -0.3 is 9.84 Å². The van der Waals surface area contributed by atoms with Crippen LogP contribution in [-0.2, 0) is 11.2 Å². The normalized spacial score (nSPS) is 19.1. The van der Waals surface area contributed by atoms with Crippen LogP contribution in [-0.4, -0.2) is 28.2 Å². The molecule has 0 fully saturated rings. The fraction of sp³-hybridized carbons (Fsp3) is 0.533. The van der Waals surface area contributed by atoms with Crippen LogP contribution in [0, 0.1) is 12.8 Å². The number of aryl methyl sites for hydroxylation is 1. The number of ether oxygens (including phenoxy) is 1. The number of carboxylic acids is 1. The van der Waals surface area contributed by atoms with Crippen LogP contribution in [0.3, 0.4) is 0 Å². The van der Waals surface area contributed by atoms with Crippen LogP contribution in [0.2, 0.25) is 0 Å². The monoisotopic (exact) mass is 280 g/mol. The minimum Gasteiger partial charge on any atom is -0.489 e. The summed E-state index contributed by atoms with van der Waals surface area (Å²) in [6, 6.07) is 6.20. The molecule has 3 nitrogen and oxygen atoms in total. The van der Waals surface area contributed by atoms with E-state index in [1.54, 1.807) is 0 Å². The van der Waals surface area contributed by atoms with Crippen molar-refractivity contribution in [2.45, 2.75) is 38.5 Å². The van der Waals surface area contributed by atoms with Crippen molar-refractivity contribution in [2.24, 2.45) is 5.92 Å². The number of hydrogen-bond acceptors (Lipinski definition) is 3. The van der Waals surface area contributed by atoms with Gasteiger partial charge in [-0.05, 0) is 24.5 Å². The van der Waals surface area contributed by atoms with Crippen molar-refractivity contribution < 1.29 is 14.6 Å². The fourth-order valence-corrected chi connectivity index (χ4v) is 3.44. The lowest BCUT2D eigenvalue weighted by Crippen LogP contribution is -2.26. The molecule has 19 heavy (non-hydrogen) atoms. The molecule has 0 spiro atoms. The Kier molecular flexibility index (Phi) is 4.40. The number of rotatable bonds is 5. The number of thioether (sulfide) groups is 1. The van der Waals surface area contributed by atoms with Gasteiger partial charge in [0.25, 0.3) is 0 Å². The Morgan fingerprint density at radius 3 is 2.89 bits per heavy atom. The van der Waals surface area contributed by atoms with Crippen LogP contribution in [0.5, 0.6) is 5.75 Å². The Balaban J connectivity index is 1.92. The average molecular weight is 280 g/mol.